The van der Waals surface area contributed by atoms with E-state index in [1.807, 2.05) is 37.6 Å². The molecule has 1 aromatic carbocycles. The lowest BCUT2D eigenvalue weighted by Gasteiger charge is -2.17. The number of para-hydroxylation sites is 1. The Morgan fingerprint density at radius 2 is 2.07 bits per heavy atom. The van der Waals surface area contributed by atoms with E-state index in [4.69, 9.17) is 0 Å². The standard InChI is InChI=1S/C20H23N3O2S2/c1-4-10-23-19(25)15-7-5-6-8-16(15)21-20(23)27-13-18(24)22(3)12-17-14(2)9-11-26-17/h5-9,11H,4,10,12-13H2,1-3H3. The molecule has 0 aliphatic carbocycles. The van der Waals surface area contributed by atoms with Gasteiger partial charge in [-0.2, -0.15) is 0 Å². The average Bonchev–Trinajstić information content (AvgIpc) is 3.07. The topological polar surface area (TPSA) is 55.2 Å². The largest absolute Gasteiger partial charge is 0.340 e. The van der Waals surface area contributed by atoms with E-state index in [0.717, 1.165) is 6.42 Å². The number of carbonyl (C=O) groups excluding carboxylic acids is 1. The third-order valence-electron chi connectivity index (χ3n) is 4.37. The van der Waals surface area contributed by atoms with Crippen LogP contribution < -0.4 is 5.56 Å². The number of aryl methyl sites for hydroxylation is 1. The van der Waals surface area contributed by atoms with E-state index in [1.54, 1.807) is 26.9 Å². The maximum absolute atomic E-state index is 12.8. The van der Waals surface area contributed by atoms with E-state index in [9.17, 15) is 9.59 Å². The first-order valence-electron chi connectivity index (χ1n) is 8.90. The zero-order valence-electron chi connectivity index (χ0n) is 15.8. The van der Waals surface area contributed by atoms with Crippen LogP contribution in [-0.2, 0) is 17.9 Å². The van der Waals surface area contributed by atoms with Gasteiger partial charge in [0.15, 0.2) is 5.16 Å². The molecular weight excluding hydrogens is 378 g/mol. The SMILES string of the molecule is CCCn1c(SCC(=O)N(C)Cc2sccc2C)nc2ccccc2c1=O. The highest BCUT2D eigenvalue weighted by molar-refractivity contribution is 7.99. The number of hydrogen-bond acceptors (Lipinski definition) is 5. The van der Waals surface area contributed by atoms with E-state index in [2.05, 4.69) is 18.0 Å². The quantitative estimate of drug-likeness (QED) is 0.445. The number of benzene rings is 1. The summed E-state index contributed by atoms with van der Waals surface area (Å²) in [6.07, 6.45) is 0.832. The average molecular weight is 402 g/mol. The van der Waals surface area contributed by atoms with Crippen LogP contribution in [0.1, 0.15) is 23.8 Å². The molecule has 0 fully saturated rings. The van der Waals surface area contributed by atoms with E-state index in [-0.39, 0.29) is 17.2 Å². The molecule has 0 radical (unpaired) electrons. The van der Waals surface area contributed by atoms with Gasteiger partial charge < -0.3 is 4.90 Å². The van der Waals surface area contributed by atoms with Gasteiger partial charge in [-0.05, 0) is 42.5 Å². The lowest BCUT2D eigenvalue weighted by atomic mass is 10.2. The van der Waals surface area contributed by atoms with Gasteiger partial charge in [0.1, 0.15) is 0 Å². The first-order valence-corrected chi connectivity index (χ1v) is 10.8. The number of carbonyl (C=O) groups is 1. The molecule has 0 spiro atoms. The molecule has 3 aromatic rings. The molecule has 7 heteroatoms. The fourth-order valence-electron chi connectivity index (χ4n) is 2.78. The molecule has 5 nitrogen and oxygen atoms in total. The van der Waals surface area contributed by atoms with Crippen molar-refractivity contribution < 1.29 is 4.79 Å². The Morgan fingerprint density at radius 1 is 1.30 bits per heavy atom. The Kier molecular flexibility index (Phi) is 6.34. The molecule has 3 rings (SSSR count). The van der Waals surface area contributed by atoms with Crippen LogP contribution in [0, 0.1) is 6.92 Å². The third kappa shape index (κ3) is 4.42. The molecule has 142 valence electrons. The summed E-state index contributed by atoms with van der Waals surface area (Å²) in [5.41, 5.74) is 1.84. The van der Waals surface area contributed by atoms with Crippen LogP contribution in [0.5, 0.6) is 0 Å². The number of thioether (sulfide) groups is 1. The Bertz CT molecular complexity index is 1010. The Hall–Kier alpha value is -2.12. The van der Waals surface area contributed by atoms with E-state index >= 15 is 0 Å². The number of nitrogens with zero attached hydrogens (tertiary/aromatic N) is 3. The first-order chi connectivity index (χ1) is 13.0. The lowest BCUT2D eigenvalue weighted by molar-refractivity contribution is -0.127. The van der Waals surface area contributed by atoms with E-state index in [1.165, 1.54) is 22.2 Å². The minimum Gasteiger partial charge on any atom is -0.340 e. The van der Waals surface area contributed by atoms with Gasteiger partial charge >= 0.3 is 0 Å². The van der Waals surface area contributed by atoms with Crippen molar-refractivity contribution in [3.05, 3.63) is 56.5 Å². The van der Waals surface area contributed by atoms with Crippen molar-refractivity contribution in [1.29, 1.82) is 0 Å². The molecule has 0 bridgehead atoms. The molecular formula is C20H23N3O2S2. The van der Waals surface area contributed by atoms with Gasteiger partial charge in [-0.15, -0.1) is 11.3 Å². The lowest BCUT2D eigenvalue weighted by Crippen LogP contribution is -2.28. The van der Waals surface area contributed by atoms with Crippen molar-refractivity contribution >= 4 is 39.9 Å². The van der Waals surface area contributed by atoms with Crippen LogP contribution in [-0.4, -0.2) is 33.2 Å². The fraction of sp³-hybridized carbons (Fsp3) is 0.350. The molecule has 0 unspecified atom stereocenters. The Balaban J connectivity index is 1.77. The Morgan fingerprint density at radius 3 is 2.78 bits per heavy atom. The summed E-state index contributed by atoms with van der Waals surface area (Å²) >= 11 is 3.00. The van der Waals surface area contributed by atoms with Crippen molar-refractivity contribution in [1.82, 2.24) is 14.5 Å². The highest BCUT2D eigenvalue weighted by atomic mass is 32.2. The maximum atomic E-state index is 12.8. The van der Waals surface area contributed by atoms with Gasteiger partial charge in [0, 0.05) is 18.5 Å². The smallest absolute Gasteiger partial charge is 0.262 e. The summed E-state index contributed by atoms with van der Waals surface area (Å²) in [5, 5.41) is 3.27. The molecule has 1 amide bonds. The number of hydrogen-bond donors (Lipinski definition) is 0. The van der Waals surface area contributed by atoms with Crippen molar-refractivity contribution in [3.63, 3.8) is 0 Å². The maximum Gasteiger partial charge on any atom is 0.262 e. The normalized spacial score (nSPS) is 11.1. The summed E-state index contributed by atoms with van der Waals surface area (Å²) in [6, 6.07) is 9.42. The van der Waals surface area contributed by atoms with E-state index in [0.29, 0.717) is 29.1 Å². The number of thiophene rings is 1. The third-order valence-corrected chi connectivity index (χ3v) is 6.34. The predicted molar refractivity (Wildman–Crippen MR) is 113 cm³/mol. The Labute approximate surface area is 167 Å². The van der Waals surface area contributed by atoms with Gasteiger partial charge in [0.25, 0.3) is 5.56 Å². The summed E-state index contributed by atoms with van der Waals surface area (Å²) in [7, 11) is 1.81. The molecule has 0 N–H and O–H groups in total. The van der Waals surface area contributed by atoms with Crippen LogP contribution in [0.2, 0.25) is 0 Å². The highest BCUT2D eigenvalue weighted by Gasteiger charge is 2.15. The van der Waals surface area contributed by atoms with Crippen molar-refractivity contribution in [2.45, 2.75) is 38.5 Å². The van der Waals surface area contributed by atoms with Crippen molar-refractivity contribution in [3.8, 4) is 0 Å². The summed E-state index contributed by atoms with van der Waals surface area (Å²) in [4.78, 5) is 32.9. The van der Waals surface area contributed by atoms with Gasteiger partial charge in [0.05, 0.1) is 23.2 Å². The second kappa shape index (κ2) is 8.71. The summed E-state index contributed by atoms with van der Waals surface area (Å²) in [5.74, 6) is 0.286. The van der Waals surface area contributed by atoms with Gasteiger partial charge in [0.2, 0.25) is 5.91 Å². The van der Waals surface area contributed by atoms with E-state index < -0.39 is 0 Å². The highest BCUT2D eigenvalue weighted by Crippen LogP contribution is 2.20. The molecule has 0 atom stereocenters. The van der Waals surface area contributed by atoms with Crippen LogP contribution in [0.3, 0.4) is 0 Å². The zero-order valence-corrected chi connectivity index (χ0v) is 17.4. The minimum absolute atomic E-state index is 0.0262. The predicted octanol–water partition coefficient (Wildman–Crippen LogP) is 3.93. The van der Waals surface area contributed by atoms with Crippen molar-refractivity contribution in [2.24, 2.45) is 0 Å². The summed E-state index contributed by atoms with van der Waals surface area (Å²) < 4.78 is 1.68. The first kappa shape index (κ1) is 19.6. The van der Waals surface area contributed by atoms with Crippen LogP contribution in [0.25, 0.3) is 10.9 Å². The van der Waals surface area contributed by atoms with Gasteiger partial charge in [-0.1, -0.05) is 30.8 Å². The molecule has 0 aliphatic heterocycles. The monoisotopic (exact) mass is 401 g/mol. The molecule has 2 aromatic heterocycles. The van der Waals surface area contributed by atoms with Gasteiger partial charge in [-0.25, -0.2) is 4.98 Å². The summed E-state index contributed by atoms with van der Waals surface area (Å²) in [6.45, 7) is 5.28. The minimum atomic E-state index is -0.0417. The second-order valence-corrected chi connectivity index (χ2v) is 8.38. The van der Waals surface area contributed by atoms with Crippen LogP contribution in [0.15, 0.2) is 45.7 Å². The number of rotatable bonds is 7. The zero-order chi connectivity index (χ0) is 19.4. The molecule has 0 saturated heterocycles. The van der Waals surface area contributed by atoms with Crippen LogP contribution in [0.4, 0.5) is 0 Å². The number of amides is 1. The number of aromatic nitrogens is 2. The molecule has 2 heterocycles. The molecule has 0 aliphatic rings. The molecule has 0 saturated carbocycles. The van der Waals surface area contributed by atoms with Crippen LogP contribution >= 0.6 is 23.1 Å². The molecule has 27 heavy (non-hydrogen) atoms. The fourth-order valence-corrected chi connectivity index (χ4v) is 4.71. The number of fused-ring (bicyclic) bond motifs is 1. The second-order valence-electron chi connectivity index (χ2n) is 6.43. The van der Waals surface area contributed by atoms with Crippen molar-refractivity contribution in [2.75, 3.05) is 12.8 Å². The van der Waals surface area contributed by atoms with Gasteiger partial charge in [-0.3, -0.25) is 14.2 Å².